The lowest BCUT2D eigenvalue weighted by molar-refractivity contribution is -0.133. The molecule has 2 amide bonds. The molecule has 3 aromatic rings. The maximum atomic E-state index is 12.7. The van der Waals surface area contributed by atoms with Crippen LogP contribution >= 0.6 is 0 Å². The Morgan fingerprint density at radius 2 is 1.48 bits per heavy atom. The highest BCUT2D eigenvalue weighted by Crippen LogP contribution is 2.11. The zero-order valence-corrected chi connectivity index (χ0v) is 17.3. The fourth-order valence-electron chi connectivity index (χ4n) is 3.82. The zero-order valence-electron chi connectivity index (χ0n) is 17.3. The minimum Gasteiger partial charge on any atom is -0.338 e. The fourth-order valence-corrected chi connectivity index (χ4v) is 3.82. The number of rotatable bonds is 4. The molecule has 0 unspecified atom stereocenters. The first-order valence-electron chi connectivity index (χ1n) is 10.4. The van der Waals surface area contributed by atoms with Crippen LogP contribution in [0, 0.1) is 0 Å². The number of aromatic nitrogens is 2. The molecule has 1 aromatic heterocycles. The van der Waals surface area contributed by atoms with E-state index in [9.17, 15) is 19.2 Å². The van der Waals surface area contributed by atoms with E-state index in [-0.39, 0.29) is 23.7 Å². The van der Waals surface area contributed by atoms with Gasteiger partial charge in [0.25, 0.3) is 17.0 Å². The summed E-state index contributed by atoms with van der Waals surface area (Å²) in [4.78, 5) is 53.6. The van der Waals surface area contributed by atoms with Gasteiger partial charge >= 0.3 is 0 Å². The summed E-state index contributed by atoms with van der Waals surface area (Å²) in [6, 6.07) is 14.1. The van der Waals surface area contributed by atoms with E-state index in [0.29, 0.717) is 37.1 Å². The number of benzene rings is 2. The lowest BCUT2D eigenvalue weighted by atomic mass is 10.1. The van der Waals surface area contributed by atoms with Crippen molar-refractivity contribution in [2.75, 3.05) is 26.2 Å². The first kappa shape index (κ1) is 20.6. The van der Waals surface area contributed by atoms with Gasteiger partial charge in [-0.05, 0) is 36.2 Å². The Morgan fingerprint density at radius 3 is 2.13 bits per heavy atom. The maximum absolute atomic E-state index is 12.7. The van der Waals surface area contributed by atoms with Crippen LogP contribution in [0.4, 0.5) is 0 Å². The van der Waals surface area contributed by atoms with E-state index in [0.717, 1.165) is 11.1 Å². The zero-order chi connectivity index (χ0) is 22.0. The summed E-state index contributed by atoms with van der Waals surface area (Å²) in [6.45, 7) is 3.42. The van der Waals surface area contributed by atoms with Crippen LogP contribution < -0.4 is 11.1 Å². The summed E-state index contributed by atoms with van der Waals surface area (Å²) in [5, 5.41) is 3.07. The summed E-state index contributed by atoms with van der Waals surface area (Å²) in [5.74, 6) is -0.322. The number of H-pyrrole nitrogens is 1. The topological polar surface area (TPSA) is 95.5 Å². The third kappa shape index (κ3) is 4.14. The third-order valence-electron chi connectivity index (χ3n) is 5.71. The fraction of sp³-hybridized carbons (Fsp3) is 0.304. The van der Waals surface area contributed by atoms with Crippen LogP contribution in [-0.4, -0.2) is 57.6 Å². The second-order valence-corrected chi connectivity index (χ2v) is 7.60. The normalized spacial score (nSPS) is 14.1. The third-order valence-corrected chi connectivity index (χ3v) is 5.71. The van der Waals surface area contributed by atoms with E-state index in [4.69, 9.17) is 0 Å². The second kappa shape index (κ2) is 8.59. The van der Waals surface area contributed by atoms with Gasteiger partial charge in [0.2, 0.25) is 5.91 Å². The Balaban J connectivity index is 1.41. The number of carbonyl (C=O) groups is 2. The van der Waals surface area contributed by atoms with E-state index >= 15 is 0 Å². The number of amides is 2. The first-order valence-corrected chi connectivity index (χ1v) is 10.4. The minimum atomic E-state index is -0.410. The molecule has 1 N–H and O–H groups in total. The second-order valence-electron chi connectivity index (χ2n) is 7.60. The number of fused-ring (bicyclic) bond motifs is 1. The predicted octanol–water partition coefficient (Wildman–Crippen LogP) is 1.24. The number of nitrogens with zero attached hydrogens (tertiary/aromatic N) is 3. The van der Waals surface area contributed by atoms with Crippen molar-refractivity contribution in [2.24, 2.45) is 0 Å². The number of piperazine rings is 1. The van der Waals surface area contributed by atoms with Crippen LogP contribution in [0.3, 0.4) is 0 Å². The highest BCUT2D eigenvalue weighted by molar-refractivity contribution is 5.94. The molecule has 1 fully saturated rings. The van der Waals surface area contributed by atoms with Crippen molar-refractivity contribution in [1.29, 1.82) is 0 Å². The molecule has 1 aliphatic heterocycles. The van der Waals surface area contributed by atoms with Crippen molar-refractivity contribution >= 4 is 22.6 Å². The summed E-state index contributed by atoms with van der Waals surface area (Å²) in [6.07, 6.45) is 0.917. The van der Waals surface area contributed by atoms with Crippen LogP contribution in [0.5, 0.6) is 0 Å². The summed E-state index contributed by atoms with van der Waals surface area (Å²) in [7, 11) is 0. The van der Waals surface area contributed by atoms with Gasteiger partial charge in [-0.1, -0.05) is 31.2 Å². The molecule has 160 valence electrons. The molecule has 1 saturated heterocycles. The van der Waals surface area contributed by atoms with Gasteiger partial charge in [0.05, 0.1) is 10.8 Å². The highest BCUT2D eigenvalue weighted by Gasteiger charge is 2.25. The van der Waals surface area contributed by atoms with Crippen LogP contribution in [-0.2, 0) is 17.8 Å². The Morgan fingerprint density at radius 1 is 0.871 bits per heavy atom. The molecule has 2 heterocycles. The number of hydrogen-bond acceptors (Lipinski definition) is 4. The molecular formula is C23H24N4O4. The molecule has 0 atom stereocenters. The number of hydrogen-bond donors (Lipinski definition) is 1. The molecule has 31 heavy (non-hydrogen) atoms. The number of aryl methyl sites for hydroxylation is 1. The Labute approximate surface area is 178 Å². The van der Waals surface area contributed by atoms with Gasteiger partial charge in [0.15, 0.2) is 0 Å². The molecular weight excluding hydrogens is 396 g/mol. The Hall–Kier alpha value is -3.68. The Kier molecular flexibility index (Phi) is 5.70. The van der Waals surface area contributed by atoms with Crippen molar-refractivity contribution in [3.8, 4) is 0 Å². The van der Waals surface area contributed by atoms with E-state index < -0.39 is 11.1 Å². The summed E-state index contributed by atoms with van der Waals surface area (Å²) in [5.41, 5.74) is 0.992. The standard InChI is InChI=1S/C23H24N4O4/c1-2-16-7-9-17(10-8-16)22(30)26-13-11-25(12-14-26)20(28)15-27-23(31)19-6-4-3-5-18(19)21(29)24-27/h3-10H,2,11-15H2,1H3,(H,24,29). The average molecular weight is 420 g/mol. The van der Waals surface area contributed by atoms with E-state index in [1.165, 1.54) is 5.56 Å². The smallest absolute Gasteiger partial charge is 0.273 e. The number of nitrogens with one attached hydrogen (secondary N) is 1. The monoisotopic (exact) mass is 420 g/mol. The minimum absolute atomic E-state index is 0.0511. The highest BCUT2D eigenvalue weighted by atomic mass is 16.2. The molecule has 1 aliphatic rings. The van der Waals surface area contributed by atoms with Gasteiger partial charge in [0.1, 0.15) is 6.54 Å². The van der Waals surface area contributed by atoms with E-state index in [1.54, 1.807) is 34.1 Å². The molecule has 0 bridgehead atoms. The van der Waals surface area contributed by atoms with Gasteiger partial charge in [-0.15, -0.1) is 0 Å². The number of aromatic amines is 1. The quantitative estimate of drug-likeness (QED) is 0.687. The molecule has 0 saturated carbocycles. The van der Waals surface area contributed by atoms with Crippen LogP contribution in [0.2, 0.25) is 0 Å². The molecule has 8 heteroatoms. The van der Waals surface area contributed by atoms with Crippen LogP contribution in [0.15, 0.2) is 58.1 Å². The SMILES string of the molecule is CCc1ccc(C(=O)N2CCN(C(=O)Cn3[nH]c(=O)c4ccccc4c3=O)CC2)cc1. The molecule has 0 spiro atoms. The molecule has 0 aliphatic carbocycles. The lowest BCUT2D eigenvalue weighted by Gasteiger charge is -2.35. The van der Waals surface area contributed by atoms with Crippen molar-refractivity contribution in [3.63, 3.8) is 0 Å². The first-order chi connectivity index (χ1) is 15.0. The van der Waals surface area contributed by atoms with E-state index in [1.807, 2.05) is 24.3 Å². The summed E-state index contributed by atoms with van der Waals surface area (Å²) >= 11 is 0. The maximum Gasteiger partial charge on any atom is 0.273 e. The molecule has 0 radical (unpaired) electrons. The number of carbonyl (C=O) groups excluding carboxylic acids is 2. The summed E-state index contributed by atoms with van der Waals surface area (Å²) < 4.78 is 1.06. The molecule has 2 aromatic carbocycles. The molecule has 4 rings (SSSR count). The van der Waals surface area contributed by atoms with Gasteiger partial charge in [-0.2, -0.15) is 0 Å². The van der Waals surface area contributed by atoms with Gasteiger partial charge in [0, 0.05) is 31.7 Å². The van der Waals surface area contributed by atoms with Crippen LogP contribution in [0.25, 0.3) is 10.8 Å². The Bertz CT molecular complexity index is 1230. The van der Waals surface area contributed by atoms with E-state index in [2.05, 4.69) is 12.0 Å². The predicted molar refractivity (Wildman–Crippen MR) is 117 cm³/mol. The van der Waals surface area contributed by atoms with Crippen molar-refractivity contribution in [3.05, 3.63) is 80.4 Å². The largest absolute Gasteiger partial charge is 0.338 e. The average Bonchev–Trinajstić information content (AvgIpc) is 2.82. The van der Waals surface area contributed by atoms with Gasteiger partial charge in [-0.3, -0.25) is 24.3 Å². The molecule has 8 nitrogen and oxygen atoms in total. The van der Waals surface area contributed by atoms with Gasteiger partial charge in [-0.25, -0.2) is 4.68 Å². The van der Waals surface area contributed by atoms with Crippen LogP contribution in [0.1, 0.15) is 22.8 Å². The van der Waals surface area contributed by atoms with Crippen molar-refractivity contribution in [1.82, 2.24) is 19.6 Å². The van der Waals surface area contributed by atoms with Crippen molar-refractivity contribution < 1.29 is 9.59 Å². The lowest BCUT2D eigenvalue weighted by Crippen LogP contribution is -2.52. The van der Waals surface area contributed by atoms with Gasteiger partial charge < -0.3 is 9.80 Å². The van der Waals surface area contributed by atoms with Crippen molar-refractivity contribution in [2.45, 2.75) is 19.9 Å².